The molecule has 4 atom stereocenters. The first kappa shape index (κ1) is 15.3. The molecule has 0 N–H and O–H groups in total. The van der Waals surface area contributed by atoms with Gasteiger partial charge >= 0.3 is 0 Å². The van der Waals surface area contributed by atoms with Crippen molar-refractivity contribution in [2.24, 2.45) is 23.7 Å². The average Bonchev–Trinajstić information content (AvgIpc) is 2.81. The molecule has 2 amide bonds. The summed E-state index contributed by atoms with van der Waals surface area (Å²) >= 11 is 5.79. The second kappa shape index (κ2) is 5.11. The number of benzene rings is 1. The highest BCUT2D eigenvalue weighted by Gasteiger charge is 2.61. The number of nitro groups is 1. The van der Waals surface area contributed by atoms with Gasteiger partial charge in [-0.3, -0.25) is 24.5 Å². The molecule has 8 heteroatoms. The maximum atomic E-state index is 12.8. The molecule has 3 aliphatic carbocycles. The van der Waals surface area contributed by atoms with Gasteiger partial charge in [-0.05, 0) is 30.9 Å². The number of carbonyl (C=O) groups is 3. The first-order valence-electron chi connectivity index (χ1n) is 7.74. The Bertz CT molecular complexity index is 808. The van der Waals surface area contributed by atoms with Crippen molar-refractivity contribution in [2.45, 2.75) is 19.3 Å². The first-order valence-corrected chi connectivity index (χ1v) is 8.12. The van der Waals surface area contributed by atoms with Gasteiger partial charge in [-0.2, -0.15) is 0 Å². The Morgan fingerprint density at radius 3 is 2.50 bits per heavy atom. The van der Waals surface area contributed by atoms with Gasteiger partial charge in [0, 0.05) is 18.4 Å². The van der Waals surface area contributed by atoms with E-state index in [1.54, 1.807) is 0 Å². The van der Waals surface area contributed by atoms with E-state index in [2.05, 4.69) is 0 Å². The Morgan fingerprint density at radius 2 is 1.83 bits per heavy atom. The fourth-order valence-electron chi connectivity index (χ4n) is 4.42. The number of ketones is 1. The molecule has 0 radical (unpaired) electrons. The summed E-state index contributed by atoms with van der Waals surface area (Å²) in [5.41, 5.74) is -0.217. The molecule has 1 heterocycles. The summed E-state index contributed by atoms with van der Waals surface area (Å²) in [6.45, 7) is 0. The van der Waals surface area contributed by atoms with Crippen LogP contribution in [0.25, 0.3) is 0 Å². The highest BCUT2D eigenvalue weighted by molar-refractivity contribution is 6.33. The molecule has 1 aromatic rings. The van der Waals surface area contributed by atoms with Crippen LogP contribution in [0.15, 0.2) is 18.2 Å². The van der Waals surface area contributed by atoms with E-state index in [0.717, 1.165) is 17.4 Å². The van der Waals surface area contributed by atoms with Crippen LogP contribution in [0.5, 0.6) is 0 Å². The molecule has 1 aliphatic heterocycles. The van der Waals surface area contributed by atoms with E-state index in [9.17, 15) is 24.5 Å². The third-order valence-electron chi connectivity index (χ3n) is 5.45. The predicted octanol–water partition coefficient (Wildman–Crippen LogP) is 2.35. The van der Waals surface area contributed by atoms with Gasteiger partial charge in [0.15, 0.2) is 0 Å². The summed E-state index contributed by atoms with van der Waals surface area (Å²) in [6.07, 6.45) is 1.75. The number of hydrogen-bond acceptors (Lipinski definition) is 5. The van der Waals surface area contributed by atoms with Crippen molar-refractivity contribution >= 4 is 40.6 Å². The fraction of sp³-hybridized carbons (Fsp3) is 0.438. The number of rotatable bonds is 2. The van der Waals surface area contributed by atoms with Crippen molar-refractivity contribution in [2.75, 3.05) is 4.90 Å². The van der Waals surface area contributed by atoms with Crippen LogP contribution < -0.4 is 4.90 Å². The second-order valence-corrected chi connectivity index (χ2v) is 6.98. The molecule has 24 heavy (non-hydrogen) atoms. The maximum Gasteiger partial charge on any atom is 0.289 e. The fourth-order valence-corrected chi connectivity index (χ4v) is 4.61. The molecular weight excluding hydrogens is 336 g/mol. The van der Waals surface area contributed by atoms with E-state index in [1.165, 1.54) is 12.1 Å². The third kappa shape index (κ3) is 1.94. The molecule has 2 bridgehead atoms. The van der Waals surface area contributed by atoms with Gasteiger partial charge in [0.25, 0.3) is 5.69 Å². The lowest BCUT2D eigenvalue weighted by atomic mass is 9.59. The van der Waals surface area contributed by atoms with Gasteiger partial charge in [0.05, 0.1) is 22.4 Å². The molecule has 0 aromatic heterocycles. The normalized spacial score (nSPS) is 31.5. The Morgan fingerprint density at radius 1 is 1.12 bits per heavy atom. The number of imide groups is 1. The number of anilines is 1. The topological polar surface area (TPSA) is 97.6 Å². The van der Waals surface area contributed by atoms with Crippen molar-refractivity contribution < 1.29 is 19.3 Å². The molecule has 124 valence electrons. The first-order chi connectivity index (χ1) is 11.4. The van der Waals surface area contributed by atoms with Crippen molar-refractivity contribution in [3.63, 3.8) is 0 Å². The number of fused-ring (bicyclic) bond motifs is 2. The molecule has 4 unspecified atom stereocenters. The van der Waals surface area contributed by atoms with Crippen molar-refractivity contribution in [3.05, 3.63) is 33.3 Å². The van der Waals surface area contributed by atoms with Crippen molar-refractivity contribution in [1.82, 2.24) is 0 Å². The highest BCUT2D eigenvalue weighted by Crippen LogP contribution is 2.52. The van der Waals surface area contributed by atoms with Gasteiger partial charge in [-0.15, -0.1) is 0 Å². The largest absolute Gasteiger partial charge is 0.299 e. The van der Waals surface area contributed by atoms with Crippen molar-refractivity contribution in [3.8, 4) is 0 Å². The zero-order valence-corrected chi connectivity index (χ0v) is 13.2. The number of amides is 2. The van der Waals surface area contributed by atoms with Crippen LogP contribution >= 0.6 is 11.6 Å². The maximum absolute atomic E-state index is 12.8. The molecule has 4 fully saturated rings. The highest BCUT2D eigenvalue weighted by atomic mass is 35.5. The summed E-state index contributed by atoms with van der Waals surface area (Å²) in [4.78, 5) is 49.1. The van der Waals surface area contributed by atoms with Gasteiger partial charge in [0.2, 0.25) is 11.8 Å². The summed E-state index contributed by atoms with van der Waals surface area (Å²) < 4.78 is 0. The molecule has 0 spiro atoms. The van der Waals surface area contributed by atoms with Crippen LogP contribution in [0.3, 0.4) is 0 Å². The monoisotopic (exact) mass is 348 g/mol. The van der Waals surface area contributed by atoms with Gasteiger partial charge in [-0.1, -0.05) is 11.6 Å². The lowest BCUT2D eigenvalue weighted by molar-refractivity contribution is -0.384. The number of Topliss-reactive ketones (excluding diaryl/α,β-unsaturated/α-hetero) is 1. The number of halogens is 1. The molecule has 3 saturated carbocycles. The minimum atomic E-state index is -0.656. The van der Waals surface area contributed by atoms with Gasteiger partial charge in [-0.25, -0.2) is 4.90 Å². The van der Waals surface area contributed by atoms with Crippen LogP contribution in [0.1, 0.15) is 19.3 Å². The van der Waals surface area contributed by atoms with Crippen LogP contribution in [-0.4, -0.2) is 22.5 Å². The zero-order chi connectivity index (χ0) is 17.2. The van der Waals surface area contributed by atoms with Crippen LogP contribution in [-0.2, 0) is 14.4 Å². The van der Waals surface area contributed by atoms with Crippen LogP contribution in [0, 0.1) is 33.8 Å². The summed E-state index contributed by atoms with van der Waals surface area (Å²) in [6, 6.07) is 3.86. The summed E-state index contributed by atoms with van der Waals surface area (Å²) in [5.74, 6) is -2.33. The van der Waals surface area contributed by atoms with E-state index in [0.29, 0.717) is 12.8 Å². The quantitative estimate of drug-likeness (QED) is 0.464. The molecule has 4 aliphatic rings. The molecule has 5 rings (SSSR count). The number of hydrogen-bond donors (Lipinski definition) is 0. The van der Waals surface area contributed by atoms with E-state index < -0.39 is 28.6 Å². The molecule has 1 aromatic carbocycles. The Balaban J connectivity index is 1.77. The molecule has 7 nitrogen and oxygen atoms in total. The standard InChI is InChI=1S/C16H13ClN2O5/c17-10-4-2-8(6-11(10)19(23)24)18-15(21)13-7-1-3-9(12(20)5-7)14(13)16(18)22/h2,4,6-7,9,13-14H,1,3,5H2. The minimum absolute atomic E-state index is 0.0533. The lowest BCUT2D eigenvalue weighted by Crippen LogP contribution is -2.46. The summed E-state index contributed by atoms with van der Waals surface area (Å²) in [7, 11) is 0. The average molecular weight is 349 g/mol. The van der Waals surface area contributed by atoms with E-state index in [-0.39, 0.29) is 34.0 Å². The van der Waals surface area contributed by atoms with Gasteiger partial charge < -0.3 is 0 Å². The third-order valence-corrected chi connectivity index (χ3v) is 5.77. The van der Waals surface area contributed by atoms with Crippen LogP contribution in [0.4, 0.5) is 11.4 Å². The van der Waals surface area contributed by atoms with E-state index in [1.807, 2.05) is 0 Å². The molecule has 1 saturated heterocycles. The lowest BCUT2D eigenvalue weighted by Gasteiger charge is -2.41. The zero-order valence-electron chi connectivity index (χ0n) is 12.5. The predicted molar refractivity (Wildman–Crippen MR) is 83.4 cm³/mol. The second-order valence-electron chi connectivity index (χ2n) is 6.57. The summed E-state index contributed by atoms with van der Waals surface area (Å²) in [5, 5.41) is 11.0. The number of carbonyl (C=O) groups excluding carboxylic acids is 3. The Labute approximate surface area is 141 Å². The SMILES string of the molecule is O=C1CC2CCC1C1C(=O)N(c3ccc(Cl)c([N+](=O)[O-])c3)C(=O)C21. The molecular formula is C16H13ClN2O5. The van der Waals surface area contributed by atoms with Gasteiger partial charge in [0.1, 0.15) is 10.8 Å². The number of nitro benzene ring substituents is 1. The van der Waals surface area contributed by atoms with Crippen molar-refractivity contribution in [1.29, 1.82) is 0 Å². The Kier molecular flexibility index (Phi) is 3.25. The minimum Gasteiger partial charge on any atom is -0.299 e. The Hall–Kier alpha value is -2.28. The van der Waals surface area contributed by atoms with Crippen LogP contribution in [0.2, 0.25) is 5.02 Å². The van der Waals surface area contributed by atoms with E-state index in [4.69, 9.17) is 11.6 Å². The smallest absolute Gasteiger partial charge is 0.289 e. The number of nitrogens with zero attached hydrogens (tertiary/aromatic N) is 2. The van der Waals surface area contributed by atoms with E-state index >= 15 is 0 Å².